The van der Waals surface area contributed by atoms with Gasteiger partial charge in [0, 0.05) is 23.7 Å². The van der Waals surface area contributed by atoms with E-state index in [9.17, 15) is 4.79 Å². The van der Waals surface area contributed by atoms with Gasteiger partial charge in [-0.25, -0.2) is 4.98 Å². The molecule has 3 aromatic rings. The molecule has 0 bridgehead atoms. The Hall–Kier alpha value is -3.12. The zero-order chi connectivity index (χ0) is 21.5. The van der Waals surface area contributed by atoms with E-state index >= 15 is 0 Å². The van der Waals surface area contributed by atoms with Crippen molar-refractivity contribution < 1.29 is 9.53 Å². The Kier molecular flexibility index (Phi) is 6.99. The van der Waals surface area contributed by atoms with Crippen LogP contribution in [0, 0.1) is 0 Å². The molecule has 1 saturated heterocycles. The maximum Gasteiger partial charge on any atom is 0.224 e. The molecule has 1 aliphatic heterocycles. The van der Waals surface area contributed by atoms with E-state index in [-0.39, 0.29) is 5.91 Å². The van der Waals surface area contributed by atoms with E-state index in [2.05, 4.69) is 20.5 Å². The van der Waals surface area contributed by atoms with E-state index in [0.717, 1.165) is 48.3 Å². The topological polar surface area (TPSA) is 66.5 Å². The minimum Gasteiger partial charge on any atom is -0.495 e. The minimum atomic E-state index is 0.0103. The van der Waals surface area contributed by atoms with Crippen LogP contribution in [0.4, 0.5) is 17.2 Å². The van der Waals surface area contributed by atoms with E-state index in [1.165, 1.54) is 19.3 Å². The summed E-state index contributed by atoms with van der Waals surface area (Å²) in [5, 5.41) is 8.33. The number of ether oxygens (including phenoxy) is 1. The van der Waals surface area contributed by atoms with Crippen LogP contribution in [-0.4, -0.2) is 42.5 Å². The third-order valence-electron chi connectivity index (χ3n) is 5.72. The lowest BCUT2D eigenvalue weighted by atomic mass is 10.1. The number of benzene rings is 2. The van der Waals surface area contributed by atoms with Crippen LogP contribution in [0.3, 0.4) is 0 Å². The summed E-state index contributed by atoms with van der Waals surface area (Å²) < 4.78 is 5.55. The molecule has 0 unspecified atom stereocenters. The largest absolute Gasteiger partial charge is 0.495 e. The highest BCUT2D eigenvalue weighted by Gasteiger charge is 2.14. The predicted octanol–water partition coefficient (Wildman–Crippen LogP) is 5.19. The van der Waals surface area contributed by atoms with Gasteiger partial charge in [0.1, 0.15) is 11.6 Å². The Labute approximate surface area is 183 Å². The smallest absolute Gasteiger partial charge is 0.224 e. The molecular formula is C25H30N4O2. The number of likely N-dealkylation sites (tertiary alicyclic amines) is 1. The molecule has 2 N–H and O–H groups in total. The molecule has 0 atom stereocenters. The van der Waals surface area contributed by atoms with Crippen LogP contribution in [0.2, 0.25) is 0 Å². The number of amides is 1. The van der Waals surface area contributed by atoms with E-state index in [1.807, 2.05) is 48.5 Å². The molecule has 162 valence electrons. The van der Waals surface area contributed by atoms with Crippen LogP contribution < -0.4 is 15.4 Å². The molecule has 2 aromatic carbocycles. The molecule has 31 heavy (non-hydrogen) atoms. The highest BCUT2D eigenvalue weighted by atomic mass is 16.5. The van der Waals surface area contributed by atoms with Gasteiger partial charge in [0.2, 0.25) is 5.91 Å². The van der Waals surface area contributed by atoms with Gasteiger partial charge in [-0.05, 0) is 74.6 Å². The fourth-order valence-electron chi connectivity index (χ4n) is 4.08. The molecule has 1 aliphatic rings. The van der Waals surface area contributed by atoms with Gasteiger partial charge < -0.3 is 20.3 Å². The monoisotopic (exact) mass is 418 g/mol. The zero-order valence-corrected chi connectivity index (χ0v) is 18.1. The van der Waals surface area contributed by atoms with Gasteiger partial charge in [0.25, 0.3) is 0 Å². The van der Waals surface area contributed by atoms with Gasteiger partial charge in [-0.1, -0.05) is 24.6 Å². The Balaban J connectivity index is 1.48. The van der Waals surface area contributed by atoms with Crippen molar-refractivity contribution in [2.45, 2.75) is 32.1 Å². The number of nitrogens with zero attached hydrogens (tertiary/aromatic N) is 2. The molecular weight excluding hydrogens is 388 g/mol. The Morgan fingerprint density at radius 3 is 2.68 bits per heavy atom. The second-order valence-corrected chi connectivity index (χ2v) is 7.98. The maximum atomic E-state index is 12.6. The second-order valence-electron chi connectivity index (χ2n) is 7.98. The fraction of sp³-hybridized carbons (Fsp3) is 0.360. The number of aromatic nitrogens is 1. The number of carbonyl (C=O) groups is 1. The van der Waals surface area contributed by atoms with Crippen LogP contribution in [-0.2, 0) is 4.79 Å². The molecule has 1 amide bonds. The zero-order valence-electron chi connectivity index (χ0n) is 18.1. The first-order valence-corrected chi connectivity index (χ1v) is 11.0. The van der Waals surface area contributed by atoms with Gasteiger partial charge in [-0.3, -0.25) is 4.79 Å². The van der Waals surface area contributed by atoms with E-state index in [4.69, 9.17) is 4.74 Å². The summed E-state index contributed by atoms with van der Waals surface area (Å²) in [5.41, 5.74) is 1.63. The van der Waals surface area contributed by atoms with Crippen molar-refractivity contribution in [2.75, 3.05) is 37.4 Å². The first kappa shape index (κ1) is 21.1. The molecule has 4 rings (SSSR count). The molecule has 6 nitrogen and oxygen atoms in total. The summed E-state index contributed by atoms with van der Waals surface area (Å²) in [6.07, 6.45) is 7.01. The first-order valence-electron chi connectivity index (χ1n) is 11.0. The van der Waals surface area contributed by atoms with Gasteiger partial charge in [0.15, 0.2) is 0 Å². The van der Waals surface area contributed by atoms with Crippen molar-refractivity contribution in [2.24, 2.45) is 0 Å². The highest BCUT2D eigenvalue weighted by Crippen LogP contribution is 2.34. The molecule has 6 heteroatoms. The molecule has 0 spiro atoms. The van der Waals surface area contributed by atoms with Crippen LogP contribution in [0.5, 0.6) is 5.75 Å². The number of piperidine rings is 1. The number of hydrogen-bond donors (Lipinski definition) is 2. The Morgan fingerprint density at radius 1 is 1.10 bits per heavy atom. The SMILES string of the molecule is COc1cc2ccnc(Nc3ccccc3)c2cc1NC(=O)CCCN1CCCCC1. The van der Waals surface area contributed by atoms with Gasteiger partial charge in [0.05, 0.1) is 12.8 Å². The molecule has 1 fully saturated rings. The van der Waals surface area contributed by atoms with Crippen molar-refractivity contribution in [3.63, 3.8) is 0 Å². The van der Waals surface area contributed by atoms with Gasteiger partial charge in [-0.15, -0.1) is 0 Å². The van der Waals surface area contributed by atoms with Crippen molar-refractivity contribution in [3.8, 4) is 5.75 Å². The van der Waals surface area contributed by atoms with Crippen LogP contribution in [0.25, 0.3) is 10.8 Å². The summed E-state index contributed by atoms with van der Waals surface area (Å²) in [5.74, 6) is 1.40. The average molecular weight is 419 g/mol. The average Bonchev–Trinajstić information content (AvgIpc) is 2.80. The van der Waals surface area contributed by atoms with E-state index in [0.29, 0.717) is 17.9 Å². The van der Waals surface area contributed by atoms with Crippen molar-refractivity contribution in [1.29, 1.82) is 0 Å². The third kappa shape index (κ3) is 5.52. The fourth-order valence-corrected chi connectivity index (χ4v) is 4.08. The Morgan fingerprint density at radius 2 is 1.90 bits per heavy atom. The predicted molar refractivity (Wildman–Crippen MR) is 126 cm³/mol. The summed E-state index contributed by atoms with van der Waals surface area (Å²) in [6.45, 7) is 3.30. The minimum absolute atomic E-state index is 0.0103. The quantitative estimate of drug-likeness (QED) is 0.527. The van der Waals surface area contributed by atoms with Crippen LogP contribution in [0.1, 0.15) is 32.1 Å². The summed E-state index contributed by atoms with van der Waals surface area (Å²) in [7, 11) is 1.62. The number of fused-ring (bicyclic) bond motifs is 1. The first-order chi connectivity index (χ1) is 15.2. The molecule has 2 heterocycles. The molecule has 0 saturated carbocycles. The van der Waals surface area contributed by atoms with Crippen molar-refractivity contribution >= 4 is 33.9 Å². The molecule has 0 aliphatic carbocycles. The molecule has 1 aromatic heterocycles. The number of anilines is 3. The maximum absolute atomic E-state index is 12.6. The number of para-hydroxylation sites is 1. The highest BCUT2D eigenvalue weighted by molar-refractivity contribution is 6.01. The summed E-state index contributed by atoms with van der Waals surface area (Å²) in [6, 6.07) is 15.7. The van der Waals surface area contributed by atoms with Gasteiger partial charge in [-0.2, -0.15) is 0 Å². The lowest BCUT2D eigenvalue weighted by molar-refractivity contribution is -0.116. The lowest BCUT2D eigenvalue weighted by Crippen LogP contribution is -2.31. The summed E-state index contributed by atoms with van der Waals surface area (Å²) in [4.78, 5) is 19.6. The van der Waals surface area contributed by atoms with Crippen LogP contribution in [0.15, 0.2) is 54.7 Å². The van der Waals surface area contributed by atoms with Crippen LogP contribution >= 0.6 is 0 Å². The third-order valence-corrected chi connectivity index (χ3v) is 5.72. The normalized spacial score (nSPS) is 14.4. The second kappa shape index (κ2) is 10.3. The number of nitrogens with one attached hydrogen (secondary N) is 2. The van der Waals surface area contributed by atoms with Crippen molar-refractivity contribution in [3.05, 3.63) is 54.7 Å². The van der Waals surface area contributed by atoms with Crippen molar-refractivity contribution in [1.82, 2.24) is 9.88 Å². The number of carbonyl (C=O) groups excluding carboxylic acids is 1. The summed E-state index contributed by atoms with van der Waals surface area (Å²) >= 11 is 0. The number of methoxy groups -OCH3 is 1. The van der Waals surface area contributed by atoms with E-state index in [1.54, 1.807) is 13.3 Å². The number of hydrogen-bond acceptors (Lipinski definition) is 5. The Bertz CT molecular complexity index is 1020. The number of rotatable bonds is 8. The van der Waals surface area contributed by atoms with Gasteiger partial charge >= 0.3 is 0 Å². The molecule has 0 radical (unpaired) electrons. The lowest BCUT2D eigenvalue weighted by Gasteiger charge is -2.26. The van der Waals surface area contributed by atoms with E-state index < -0.39 is 0 Å². The number of pyridine rings is 1. The standard InChI is InChI=1S/C25H30N4O2/c1-31-23-17-19-12-13-26-25(27-20-9-4-2-5-10-20)21(19)18-22(23)28-24(30)11-8-16-29-14-6-3-7-15-29/h2,4-5,9-10,12-13,17-18H,3,6-8,11,14-16H2,1H3,(H,26,27)(H,28,30).